The first-order valence-electron chi connectivity index (χ1n) is 10.6. The fourth-order valence-corrected chi connectivity index (χ4v) is 3.30. The highest BCUT2D eigenvalue weighted by molar-refractivity contribution is 5.87. The third-order valence-corrected chi connectivity index (χ3v) is 5.28. The number of hydrogen-bond acceptors (Lipinski definition) is 7. The van der Waals surface area contributed by atoms with Crippen LogP contribution in [0.15, 0.2) is 24.3 Å². The van der Waals surface area contributed by atoms with Crippen LogP contribution in [0.3, 0.4) is 0 Å². The smallest absolute Gasteiger partial charge is 0.338 e. The second-order valence-electron chi connectivity index (χ2n) is 7.64. The predicted molar refractivity (Wildman–Crippen MR) is 118 cm³/mol. The first-order valence-corrected chi connectivity index (χ1v) is 10.6. The van der Waals surface area contributed by atoms with Crippen molar-refractivity contribution in [3.05, 3.63) is 35.4 Å². The molecule has 2 rings (SSSR count). The number of amides is 2. The lowest BCUT2D eigenvalue weighted by atomic mass is 10.0. The number of carbonyl (C=O) groups excluding carboxylic acids is 2. The summed E-state index contributed by atoms with van der Waals surface area (Å²) < 4.78 is 10.7. The Kier molecular flexibility index (Phi) is 10.3. The predicted octanol–water partition coefficient (Wildman–Crippen LogP) is 1.59. The second kappa shape index (κ2) is 12.9. The maximum Gasteiger partial charge on any atom is 0.338 e. The summed E-state index contributed by atoms with van der Waals surface area (Å²) in [6, 6.07) is 5.03. The van der Waals surface area contributed by atoms with Crippen LogP contribution in [0, 0.1) is 0 Å². The van der Waals surface area contributed by atoms with Crippen molar-refractivity contribution in [1.82, 2.24) is 14.9 Å². The normalized spacial score (nSPS) is 15.2. The minimum absolute atomic E-state index is 0.192. The van der Waals surface area contributed by atoms with Crippen molar-refractivity contribution in [2.75, 3.05) is 60.0 Å². The Morgan fingerprint density at radius 1 is 1.23 bits per heavy atom. The molecule has 1 fully saturated rings. The van der Waals surface area contributed by atoms with Gasteiger partial charge in [0.25, 0.3) is 0 Å². The zero-order chi connectivity index (χ0) is 22.6. The molecule has 1 aliphatic heterocycles. The van der Waals surface area contributed by atoms with E-state index in [0.717, 1.165) is 56.7 Å². The number of nitrogens with zero attached hydrogens (tertiary/aromatic N) is 3. The maximum absolute atomic E-state index is 11.5. The molecule has 1 aliphatic rings. The van der Waals surface area contributed by atoms with E-state index in [1.165, 1.54) is 13.2 Å². The van der Waals surface area contributed by atoms with Gasteiger partial charge in [0.2, 0.25) is 0 Å². The van der Waals surface area contributed by atoms with Crippen molar-refractivity contribution >= 4 is 18.1 Å². The summed E-state index contributed by atoms with van der Waals surface area (Å²) in [7, 11) is 3.47. The average molecular weight is 435 g/mol. The third kappa shape index (κ3) is 8.95. The van der Waals surface area contributed by atoms with Crippen molar-refractivity contribution in [1.29, 1.82) is 0 Å². The molecule has 0 bridgehead atoms. The number of likely N-dealkylation sites (N-methyl/N-ethyl adjacent to an activating group) is 1. The number of nitrogens with two attached hydrogens (primary N) is 1. The Morgan fingerprint density at radius 2 is 1.97 bits per heavy atom. The molecule has 9 nitrogen and oxygen atoms in total. The van der Waals surface area contributed by atoms with Crippen LogP contribution in [-0.4, -0.2) is 92.1 Å². The third-order valence-electron chi connectivity index (χ3n) is 5.28. The standard InChI is InChI=1S/C22H34N4O5/c1-24-11-13-25(14-12-24)15-16-31-20-8-6-18(5-3-4-10-26(29)22(23)28)17-19(20)7-9-21(27)30-2/h6-9,17,29H,3-5,10-16H2,1-2H3,(H2,23,28)/b9-7+. The number of esters is 1. The van der Waals surface area contributed by atoms with Gasteiger partial charge in [-0.25, -0.2) is 14.7 Å². The monoisotopic (exact) mass is 434 g/mol. The Balaban J connectivity index is 1.93. The number of urea groups is 1. The van der Waals surface area contributed by atoms with Crippen LogP contribution >= 0.6 is 0 Å². The van der Waals surface area contributed by atoms with E-state index >= 15 is 0 Å². The van der Waals surface area contributed by atoms with Gasteiger partial charge in [0.15, 0.2) is 0 Å². The van der Waals surface area contributed by atoms with E-state index in [2.05, 4.69) is 21.6 Å². The number of unbranched alkanes of at least 4 members (excludes halogenated alkanes) is 1. The lowest BCUT2D eigenvalue weighted by Gasteiger charge is -2.32. The summed E-state index contributed by atoms with van der Waals surface area (Å²) >= 11 is 0. The van der Waals surface area contributed by atoms with Crippen LogP contribution in [0.25, 0.3) is 6.08 Å². The van der Waals surface area contributed by atoms with Crippen LogP contribution in [0.5, 0.6) is 5.75 Å². The van der Waals surface area contributed by atoms with Gasteiger partial charge in [0.05, 0.1) is 13.7 Å². The summed E-state index contributed by atoms with van der Waals surface area (Å²) in [5, 5.41) is 9.84. The van der Waals surface area contributed by atoms with E-state index in [9.17, 15) is 14.8 Å². The molecule has 1 saturated heterocycles. The number of hydrogen-bond donors (Lipinski definition) is 2. The molecule has 0 spiro atoms. The van der Waals surface area contributed by atoms with Crippen molar-refractivity contribution in [2.45, 2.75) is 19.3 Å². The zero-order valence-corrected chi connectivity index (χ0v) is 18.5. The highest BCUT2D eigenvalue weighted by Gasteiger charge is 2.13. The number of ether oxygens (including phenoxy) is 2. The van der Waals surface area contributed by atoms with Gasteiger partial charge in [-0.2, -0.15) is 0 Å². The molecule has 3 N–H and O–H groups in total. The Labute approximate surface area is 183 Å². The lowest BCUT2D eigenvalue weighted by molar-refractivity contribution is -0.134. The van der Waals surface area contributed by atoms with Crippen molar-refractivity contribution in [2.24, 2.45) is 5.73 Å². The fourth-order valence-electron chi connectivity index (χ4n) is 3.30. The highest BCUT2D eigenvalue weighted by atomic mass is 16.5. The minimum atomic E-state index is -0.853. The van der Waals surface area contributed by atoms with Crippen LogP contribution in [0.2, 0.25) is 0 Å². The van der Waals surface area contributed by atoms with E-state index in [1.807, 2.05) is 18.2 Å². The number of benzene rings is 1. The molecule has 0 unspecified atom stereocenters. The average Bonchev–Trinajstić information content (AvgIpc) is 2.77. The number of hydroxylamine groups is 2. The first-order chi connectivity index (χ1) is 14.9. The van der Waals surface area contributed by atoms with Crippen molar-refractivity contribution in [3.63, 3.8) is 0 Å². The Hall–Kier alpha value is -2.62. The van der Waals surface area contributed by atoms with Gasteiger partial charge in [-0.05, 0) is 50.1 Å². The molecule has 0 saturated carbocycles. The van der Waals surface area contributed by atoms with Gasteiger partial charge in [-0.15, -0.1) is 0 Å². The molecule has 31 heavy (non-hydrogen) atoms. The largest absolute Gasteiger partial charge is 0.492 e. The van der Waals surface area contributed by atoms with E-state index < -0.39 is 12.0 Å². The van der Waals surface area contributed by atoms with Crippen LogP contribution in [0.4, 0.5) is 4.79 Å². The molecule has 0 radical (unpaired) electrons. The van der Waals surface area contributed by atoms with Gasteiger partial charge in [0.1, 0.15) is 12.4 Å². The minimum Gasteiger partial charge on any atom is -0.492 e. The molecule has 0 aliphatic carbocycles. The number of carbonyl (C=O) groups is 2. The number of methoxy groups -OCH3 is 1. The zero-order valence-electron chi connectivity index (χ0n) is 18.5. The Morgan fingerprint density at radius 3 is 2.65 bits per heavy atom. The summed E-state index contributed by atoms with van der Waals surface area (Å²) in [6.45, 7) is 5.82. The molecule has 9 heteroatoms. The van der Waals surface area contributed by atoms with E-state index in [-0.39, 0.29) is 6.54 Å². The molecule has 172 valence electrons. The van der Waals surface area contributed by atoms with Crippen LogP contribution < -0.4 is 10.5 Å². The number of rotatable bonds is 11. The number of piperazine rings is 1. The molecular formula is C22H34N4O5. The summed E-state index contributed by atoms with van der Waals surface area (Å²) in [4.78, 5) is 27.1. The Bertz CT molecular complexity index is 747. The van der Waals surface area contributed by atoms with Gasteiger partial charge in [-0.3, -0.25) is 10.1 Å². The van der Waals surface area contributed by atoms with Gasteiger partial charge in [0, 0.05) is 44.4 Å². The number of aryl methyl sites for hydroxylation is 1. The number of primary amides is 1. The van der Waals surface area contributed by atoms with Gasteiger partial charge >= 0.3 is 12.0 Å². The van der Waals surface area contributed by atoms with Crippen molar-refractivity contribution < 1.29 is 24.3 Å². The van der Waals surface area contributed by atoms with E-state index in [1.54, 1.807) is 6.08 Å². The SMILES string of the molecule is COC(=O)/C=C/c1cc(CCCCN(O)C(N)=O)ccc1OCCN1CCN(C)CC1. The summed E-state index contributed by atoms with van der Waals surface area (Å²) in [5.41, 5.74) is 6.88. The molecular weight excluding hydrogens is 400 g/mol. The van der Waals surface area contributed by atoms with Crippen molar-refractivity contribution in [3.8, 4) is 5.75 Å². The summed E-state index contributed by atoms with van der Waals surface area (Å²) in [5.74, 6) is 0.288. The molecule has 1 aromatic carbocycles. The first kappa shape index (κ1) is 24.6. The lowest BCUT2D eigenvalue weighted by Crippen LogP contribution is -2.45. The van der Waals surface area contributed by atoms with Gasteiger partial charge < -0.3 is 20.1 Å². The van der Waals surface area contributed by atoms with E-state index in [4.69, 9.17) is 10.5 Å². The maximum atomic E-state index is 11.5. The highest BCUT2D eigenvalue weighted by Crippen LogP contribution is 2.23. The summed E-state index contributed by atoms with van der Waals surface area (Å²) in [6.07, 6.45) is 5.23. The second-order valence-corrected chi connectivity index (χ2v) is 7.64. The van der Waals surface area contributed by atoms with Gasteiger partial charge in [-0.1, -0.05) is 6.07 Å². The van der Waals surface area contributed by atoms with Crippen LogP contribution in [-0.2, 0) is 16.0 Å². The molecule has 0 atom stereocenters. The molecule has 0 aromatic heterocycles. The molecule has 1 heterocycles. The quantitative estimate of drug-likeness (QED) is 0.179. The fraction of sp³-hybridized carbons (Fsp3) is 0.545. The molecule has 2 amide bonds. The molecule has 1 aromatic rings. The van der Waals surface area contributed by atoms with Crippen LogP contribution in [0.1, 0.15) is 24.0 Å². The van der Waals surface area contributed by atoms with E-state index in [0.29, 0.717) is 23.8 Å². The topological polar surface area (TPSA) is 109 Å².